The third kappa shape index (κ3) is 5.69. The summed E-state index contributed by atoms with van der Waals surface area (Å²) in [5.74, 6) is -1.53. The molecule has 0 aromatic heterocycles. The van der Waals surface area contributed by atoms with E-state index in [1.807, 2.05) is 0 Å². The van der Waals surface area contributed by atoms with Crippen LogP contribution in [-0.2, 0) is 29.8 Å². The molecule has 0 fully saturated rings. The molecule has 0 spiro atoms. The minimum atomic E-state index is -4.79. The van der Waals surface area contributed by atoms with Crippen LogP contribution in [0.3, 0.4) is 0 Å². The van der Waals surface area contributed by atoms with Gasteiger partial charge >= 0.3 is 0 Å². The van der Waals surface area contributed by atoms with Gasteiger partial charge in [-0.3, -0.25) is 18.7 Å². The molecule has 0 saturated heterocycles. The highest BCUT2D eigenvalue weighted by atomic mass is 32.2. The van der Waals surface area contributed by atoms with Crippen molar-refractivity contribution in [2.75, 3.05) is 0 Å². The SMILES string of the molecule is CCC(C(CC(C)(C)S(=O)(=O)O)(NC(C)=O)NC(C)=O)S(=O)(=O)O. The van der Waals surface area contributed by atoms with Gasteiger partial charge in [-0.1, -0.05) is 6.92 Å². The number of carbonyl (C=O) groups is 2. The highest BCUT2D eigenvalue weighted by Gasteiger charge is 2.52. The van der Waals surface area contributed by atoms with Crippen LogP contribution in [0.5, 0.6) is 0 Å². The van der Waals surface area contributed by atoms with Gasteiger partial charge in [0, 0.05) is 20.3 Å². The maximum absolute atomic E-state index is 11.7. The van der Waals surface area contributed by atoms with Gasteiger partial charge in [-0.05, 0) is 20.3 Å². The molecule has 0 aliphatic carbocycles. The maximum Gasteiger partial charge on any atom is 0.271 e. The van der Waals surface area contributed by atoms with Crippen molar-refractivity contribution < 1.29 is 35.5 Å². The lowest BCUT2D eigenvalue weighted by Gasteiger charge is -2.43. The molecule has 0 heterocycles. The Hall–Kier alpha value is -1.24. The van der Waals surface area contributed by atoms with Gasteiger partial charge in [-0.2, -0.15) is 16.8 Å². The van der Waals surface area contributed by atoms with Gasteiger partial charge in [-0.25, -0.2) is 0 Å². The molecule has 142 valence electrons. The first-order valence-corrected chi connectivity index (χ1v) is 9.93. The van der Waals surface area contributed by atoms with E-state index in [1.54, 1.807) is 0 Å². The number of amides is 2. The number of carbonyl (C=O) groups excluding carboxylic acids is 2. The summed E-state index contributed by atoms with van der Waals surface area (Å²) in [5, 5.41) is 2.71. The number of hydrogen-bond acceptors (Lipinski definition) is 6. The van der Waals surface area contributed by atoms with Crippen LogP contribution in [0.25, 0.3) is 0 Å². The summed E-state index contributed by atoms with van der Waals surface area (Å²) in [7, 11) is -9.46. The first kappa shape index (κ1) is 22.8. The fourth-order valence-electron chi connectivity index (χ4n) is 2.60. The average molecular weight is 388 g/mol. The molecule has 10 nitrogen and oxygen atoms in total. The molecule has 1 unspecified atom stereocenters. The Morgan fingerprint density at radius 2 is 1.38 bits per heavy atom. The molecular weight excluding hydrogens is 364 g/mol. The zero-order valence-corrected chi connectivity index (χ0v) is 15.8. The standard InChI is InChI=1S/C12H24N2O8S2/c1-6-10(23(17,18)19)12(13-8(2)15,14-9(3)16)7-11(4,5)24(20,21)22/h10H,6-7H2,1-5H3,(H,13,15)(H,14,16)(H,17,18,19)(H,20,21,22). The quantitative estimate of drug-likeness (QED) is 0.324. The molecule has 0 rings (SSSR count). The Morgan fingerprint density at radius 1 is 1.00 bits per heavy atom. The minimum Gasteiger partial charge on any atom is -0.332 e. The lowest BCUT2D eigenvalue weighted by molar-refractivity contribution is -0.125. The van der Waals surface area contributed by atoms with Gasteiger partial charge < -0.3 is 10.6 Å². The molecule has 4 N–H and O–H groups in total. The number of nitrogens with one attached hydrogen (secondary N) is 2. The number of rotatable bonds is 8. The van der Waals surface area contributed by atoms with Crippen molar-refractivity contribution in [3.05, 3.63) is 0 Å². The summed E-state index contributed by atoms with van der Waals surface area (Å²) < 4.78 is 63.6. The normalized spacial score (nSPS) is 14.8. The van der Waals surface area contributed by atoms with Gasteiger partial charge in [0.25, 0.3) is 20.2 Å². The topological polar surface area (TPSA) is 167 Å². The Balaban J connectivity index is 6.50. The van der Waals surface area contributed by atoms with Crippen LogP contribution in [0.1, 0.15) is 47.5 Å². The van der Waals surface area contributed by atoms with Gasteiger partial charge in [-0.15, -0.1) is 0 Å². The number of hydrogen-bond donors (Lipinski definition) is 4. The lowest BCUT2D eigenvalue weighted by atomic mass is 9.91. The third-order valence-electron chi connectivity index (χ3n) is 3.48. The molecule has 12 heteroatoms. The predicted molar refractivity (Wildman–Crippen MR) is 86.2 cm³/mol. The van der Waals surface area contributed by atoms with E-state index in [1.165, 1.54) is 6.92 Å². The third-order valence-corrected chi connectivity index (χ3v) is 6.48. The molecule has 0 aliphatic heterocycles. The Labute approximate surface area is 141 Å². The molecule has 24 heavy (non-hydrogen) atoms. The van der Waals surface area contributed by atoms with Crippen LogP contribution < -0.4 is 10.6 Å². The summed E-state index contributed by atoms with van der Waals surface area (Å²) in [6.07, 6.45) is -0.947. The fourth-order valence-corrected chi connectivity index (χ4v) is 4.14. The Kier molecular flexibility index (Phi) is 6.95. The summed E-state index contributed by atoms with van der Waals surface area (Å²) in [6.45, 7) is 5.63. The fraction of sp³-hybridized carbons (Fsp3) is 0.833. The first-order valence-electron chi connectivity index (χ1n) is 6.99. The van der Waals surface area contributed by atoms with Crippen molar-refractivity contribution in [1.29, 1.82) is 0 Å². The van der Waals surface area contributed by atoms with E-state index in [9.17, 15) is 35.5 Å². The Morgan fingerprint density at radius 3 is 1.58 bits per heavy atom. The van der Waals surface area contributed by atoms with E-state index < -0.39 is 54.1 Å². The van der Waals surface area contributed by atoms with Gasteiger partial charge in [0.1, 0.15) is 10.9 Å². The van der Waals surface area contributed by atoms with Crippen LogP contribution in [0.15, 0.2) is 0 Å². The van der Waals surface area contributed by atoms with Gasteiger partial charge in [0.2, 0.25) is 11.8 Å². The summed E-state index contributed by atoms with van der Waals surface area (Å²) >= 11 is 0. The highest BCUT2D eigenvalue weighted by molar-refractivity contribution is 7.87. The van der Waals surface area contributed by atoms with E-state index in [0.29, 0.717) is 0 Å². The first-order chi connectivity index (χ1) is 10.5. The van der Waals surface area contributed by atoms with Crippen LogP contribution >= 0.6 is 0 Å². The smallest absolute Gasteiger partial charge is 0.271 e. The molecule has 0 radical (unpaired) electrons. The van der Waals surface area contributed by atoms with E-state index in [4.69, 9.17) is 0 Å². The van der Waals surface area contributed by atoms with Crippen molar-refractivity contribution >= 4 is 32.1 Å². The van der Waals surface area contributed by atoms with E-state index in [0.717, 1.165) is 27.7 Å². The molecular formula is C12H24N2O8S2. The predicted octanol–water partition coefficient (Wildman–Crippen LogP) is -0.322. The lowest BCUT2D eigenvalue weighted by Crippen LogP contribution is -2.70. The van der Waals surface area contributed by atoms with Crippen molar-refractivity contribution in [3.8, 4) is 0 Å². The monoisotopic (exact) mass is 388 g/mol. The summed E-state index contributed by atoms with van der Waals surface area (Å²) in [6, 6.07) is 0. The summed E-state index contributed by atoms with van der Waals surface area (Å²) in [5.41, 5.74) is -2.14. The molecule has 0 bridgehead atoms. The molecule has 0 saturated carbocycles. The minimum absolute atomic E-state index is 0.249. The van der Waals surface area contributed by atoms with Gasteiger partial charge in [0.05, 0.1) is 4.75 Å². The second-order valence-corrected chi connectivity index (χ2v) is 9.81. The zero-order chi connectivity index (χ0) is 19.6. The molecule has 2 amide bonds. The average Bonchev–Trinajstić information content (AvgIpc) is 2.21. The van der Waals surface area contributed by atoms with Crippen molar-refractivity contribution in [2.24, 2.45) is 0 Å². The largest absolute Gasteiger partial charge is 0.332 e. The van der Waals surface area contributed by atoms with Crippen molar-refractivity contribution in [2.45, 2.75) is 63.1 Å². The zero-order valence-electron chi connectivity index (χ0n) is 14.2. The van der Waals surface area contributed by atoms with Crippen LogP contribution in [0, 0.1) is 0 Å². The highest BCUT2D eigenvalue weighted by Crippen LogP contribution is 2.32. The Bertz CT molecular complexity index is 681. The van der Waals surface area contributed by atoms with E-state index >= 15 is 0 Å². The molecule has 1 atom stereocenters. The van der Waals surface area contributed by atoms with Crippen LogP contribution in [0.4, 0.5) is 0 Å². The maximum atomic E-state index is 11.7. The van der Waals surface area contributed by atoms with Gasteiger partial charge in [0.15, 0.2) is 0 Å². The van der Waals surface area contributed by atoms with Crippen LogP contribution in [-0.4, -0.2) is 53.4 Å². The second kappa shape index (κ2) is 7.33. The van der Waals surface area contributed by atoms with Crippen molar-refractivity contribution in [1.82, 2.24) is 10.6 Å². The summed E-state index contributed by atoms with van der Waals surface area (Å²) in [4.78, 5) is 23.1. The molecule has 0 aromatic rings. The molecule has 0 aromatic carbocycles. The van der Waals surface area contributed by atoms with E-state index in [-0.39, 0.29) is 6.42 Å². The van der Waals surface area contributed by atoms with E-state index in [2.05, 4.69) is 10.6 Å². The molecule has 0 aliphatic rings. The van der Waals surface area contributed by atoms with Crippen molar-refractivity contribution in [3.63, 3.8) is 0 Å². The second-order valence-electron chi connectivity index (χ2n) is 6.16. The van der Waals surface area contributed by atoms with Crippen LogP contribution in [0.2, 0.25) is 0 Å².